The molecular weight excluding hydrogens is 234 g/mol. The van der Waals surface area contributed by atoms with Gasteiger partial charge in [-0.2, -0.15) is 0 Å². The van der Waals surface area contributed by atoms with E-state index >= 15 is 0 Å². The van der Waals surface area contributed by atoms with E-state index in [0.717, 1.165) is 25.1 Å². The number of hydrogen-bond donors (Lipinski definition) is 0. The van der Waals surface area contributed by atoms with Crippen LogP contribution in [0.2, 0.25) is 0 Å². The second-order valence-electron chi connectivity index (χ2n) is 4.55. The Hall–Kier alpha value is -0.640. The highest BCUT2D eigenvalue weighted by atomic mass is 32.2. The highest BCUT2D eigenvalue weighted by Crippen LogP contribution is 2.22. The molecule has 2 unspecified atom stereocenters. The Bertz CT molecular complexity index is 336. The van der Waals surface area contributed by atoms with E-state index in [0.29, 0.717) is 11.2 Å². The molecule has 0 aromatic heterocycles. The summed E-state index contributed by atoms with van der Waals surface area (Å²) in [5.41, 5.74) is 2.65. The SMILES string of the molecule is C.CC1=C(C)C(C)S(=O)C1.CN1CCCC1=O. The van der Waals surface area contributed by atoms with Crippen molar-refractivity contribution in [1.29, 1.82) is 0 Å². The van der Waals surface area contributed by atoms with E-state index in [1.54, 1.807) is 4.90 Å². The van der Waals surface area contributed by atoms with Crippen molar-refractivity contribution in [2.24, 2.45) is 0 Å². The Kier molecular flexibility index (Phi) is 6.68. The van der Waals surface area contributed by atoms with Gasteiger partial charge in [-0.1, -0.05) is 18.6 Å². The zero-order valence-corrected chi connectivity index (χ0v) is 11.4. The van der Waals surface area contributed by atoms with Crippen molar-refractivity contribution < 1.29 is 9.00 Å². The highest BCUT2D eigenvalue weighted by Gasteiger charge is 2.22. The molecule has 0 aromatic rings. The van der Waals surface area contributed by atoms with Crippen LogP contribution in [0, 0.1) is 0 Å². The number of amides is 1. The van der Waals surface area contributed by atoms with Crippen LogP contribution in [0.15, 0.2) is 11.1 Å². The van der Waals surface area contributed by atoms with Crippen molar-refractivity contribution in [2.45, 2.75) is 46.3 Å². The monoisotopic (exact) mass is 259 g/mol. The van der Waals surface area contributed by atoms with E-state index in [9.17, 15) is 9.00 Å². The fourth-order valence-corrected chi connectivity index (χ4v) is 3.28. The molecule has 1 saturated heterocycles. The molecule has 0 aromatic carbocycles. The van der Waals surface area contributed by atoms with Gasteiger partial charge in [0.2, 0.25) is 5.91 Å². The van der Waals surface area contributed by atoms with Gasteiger partial charge in [-0.05, 0) is 27.2 Å². The summed E-state index contributed by atoms with van der Waals surface area (Å²) in [5, 5.41) is 0.310. The first-order valence-corrected chi connectivity index (χ1v) is 7.09. The van der Waals surface area contributed by atoms with Crippen LogP contribution in [-0.4, -0.2) is 39.6 Å². The van der Waals surface area contributed by atoms with Gasteiger partial charge in [0.05, 0.1) is 5.25 Å². The molecule has 3 nitrogen and oxygen atoms in total. The van der Waals surface area contributed by atoms with Gasteiger partial charge >= 0.3 is 0 Å². The lowest BCUT2D eigenvalue weighted by Gasteiger charge is -2.03. The second kappa shape index (κ2) is 6.94. The van der Waals surface area contributed by atoms with Gasteiger partial charge in [0.1, 0.15) is 0 Å². The Balaban J connectivity index is 0.000000292. The third-order valence-corrected chi connectivity index (χ3v) is 5.21. The van der Waals surface area contributed by atoms with Gasteiger partial charge in [-0.25, -0.2) is 0 Å². The highest BCUT2D eigenvalue weighted by molar-refractivity contribution is 7.86. The lowest BCUT2D eigenvalue weighted by Crippen LogP contribution is -2.17. The minimum Gasteiger partial charge on any atom is -0.346 e. The molecule has 17 heavy (non-hydrogen) atoms. The third kappa shape index (κ3) is 4.26. The van der Waals surface area contributed by atoms with Crippen LogP contribution < -0.4 is 0 Å². The minimum absolute atomic E-state index is 0. The fraction of sp³-hybridized carbons (Fsp3) is 0.769. The van der Waals surface area contributed by atoms with Gasteiger partial charge in [0.25, 0.3) is 0 Å². The van der Waals surface area contributed by atoms with Crippen LogP contribution in [0.4, 0.5) is 0 Å². The summed E-state index contributed by atoms with van der Waals surface area (Å²) in [7, 11) is 1.24. The molecule has 2 heterocycles. The van der Waals surface area contributed by atoms with Crippen LogP contribution in [0.5, 0.6) is 0 Å². The molecule has 1 amide bonds. The molecule has 4 heteroatoms. The molecule has 2 aliphatic rings. The molecule has 1 fully saturated rings. The van der Waals surface area contributed by atoms with Crippen molar-refractivity contribution in [3.05, 3.63) is 11.1 Å². The molecular formula is C13H25NO2S. The quantitative estimate of drug-likeness (QED) is 0.626. The summed E-state index contributed by atoms with van der Waals surface area (Å²) in [5.74, 6) is 1.09. The average Bonchev–Trinajstić information content (AvgIpc) is 2.70. The van der Waals surface area contributed by atoms with Crippen molar-refractivity contribution in [1.82, 2.24) is 4.90 Å². The molecule has 0 aliphatic carbocycles. The van der Waals surface area contributed by atoms with Crippen LogP contribution in [0.1, 0.15) is 41.0 Å². The molecule has 0 saturated carbocycles. The number of likely N-dealkylation sites (tertiary alicyclic amines) is 1. The van der Waals surface area contributed by atoms with Crippen LogP contribution >= 0.6 is 0 Å². The van der Waals surface area contributed by atoms with E-state index in [1.807, 2.05) is 14.0 Å². The summed E-state index contributed by atoms with van der Waals surface area (Å²) in [6, 6.07) is 0. The number of carbonyl (C=O) groups is 1. The zero-order chi connectivity index (χ0) is 12.3. The topological polar surface area (TPSA) is 37.4 Å². The predicted octanol–water partition coefficient (Wildman–Crippen LogP) is 2.35. The van der Waals surface area contributed by atoms with Crippen LogP contribution in [-0.2, 0) is 15.6 Å². The first kappa shape index (κ1) is 16.4. The molecule has 2 rings (SSSR count). The summed E-state index contributed by atoms with van der Waals surface area (Å²) >= 11 is 0. The van der Waals surface area contributed by atoms with E-state index in [4.69, 9.17) is 0 Å². The Morgan fingerprint density at radius 1 is 1.35 bits per heavy atom. The standard InChI is InChI=1S/C7H12OS.C5H9NO.CH4/c1-5-4-9(8)7(3)6(5)2;1-6-4-2-3-5(6)7;/h7H,4H2,1-3H3;2-4H2,1H3;1H4. The van der Waals surface area contributed by atoms with E-state index in [-0.39, 0.29) is 7.43 Å². The predicted molar refractivity (Wildman–Crippen MR) is 74.4 cm³/mol. The van der Waals surface area contributed by atoms with Crippen LogP contribution in [0.3, 0.4) is 0 Å². The lowest BCUT2D eigenvalue weighted by atomic mass is 10.1. The second-order valence-corrected chi connectivity index (χ2v) is 6.31. The first-order valence-electron chi connectivity index (χ1n) is 5.71. The van der Waals surface area contributed by atoms with Gasteiger partial charge in [0, 0.05) is 36.6 Å². The fourth-order valence-electron chi connectivity index (χ4n) is 1.78. The Morgan fingerprint density at radius 3 is 2.06 bits per heavy atom. The Morgan fingerprint density at radius 2 is 1.94 bits per heavy atom. The Labute approximate surface area is 108 Å². The molecule has 0 radical (unpaired) electrons. The molecule has 0 spiro atoms. The van der Waals surface area contributed by atoms with E-state index in [1.165, 1.54) is 11.1 Å². The number of carbonyl (C=O) groups excluding carboxylic acids is 1. The lowest BCUT2D eigenvalue weighted by molar-refractivity contribution is -0.126. The van der Waals surface area contributed by atoms with Crippen LogP contribution in [0.25, 0.3) is 0 Å². The maximum atomic E-state index is 11.1. The van der Waals surface area contributed by atoms with Crippen molar-refractivity contribution in [2.75, 3.05) is 19.3 Å². The minimum atomic E-state index is -0.602. The summed E-state index contributed by atoms with van der Waals surface area (Å²) in [6.07, 6.45) is 1.81. The molecule has 2 aliphatic heterocycles. The smallest absolute Gasteiger partial charge is 0.222 e. The summed E-state index contributed by atoms with van der Waals surface area (Å²) in [4.78, 5) is 12.3. The molecule has 0 bridgehead atoms. The molecule has 100 valence electrons. The largest absolute Gasteiger partial charge is 0.346 e. The van der Waals surface area contributed by atoms with Crippen molar-refractivity contribution in [3.63, 3.8) is 0 Å². The summed E-state index contributed by atoms with van der Waals surface area (Å²) < 4.78 is 11.1. The first-order chi connectivity index (χ1) is 7.43. The summed E-state index contributed by atoms with van der Waals surface area (Å²) in [6.45, 7) is 7.13. The zero-order valence-electron chi connectivity index (χ0n) is 10.6. The molecule has 2 atom stereocenters. The van der Waals surface area contributed by atoms with Gasteiger partial charge in [-0.15, -0.1) is 0 Å². The third-order valence-electron chi connectivity index (χ3n) is 3.35. The number of nitrogens with zero attached hydrogens (tertiary/aromatic N) is 1. The van der Waals surface area contributed by atoms with Crippen molar-refractivity contribution >= 4 is 16.7 Å². The van der Waals surface area contributed by atoms with E-state index in [2.05, 4.69) is 13.8 Å². The van der Waals surface area contributed by atoms with E-state index < -0.39 is 10.8 Å². The maximum Gasteiger partial charge on any atom is 0.222 e. The number of hydrogen-bond acceptors (Lipinski definition) is 2. The maximum absolute atomic E-state index is 11.1. The average molecular weight is 259 g/mol. The van der Waals surface area contributed by atoms with Crippen molar-refractivity contribution in [3.8, 4) is 0 Å². The molecule has 0 N–H and O–H groups in total. The van der Waals surface area contributed by atoms with Gasteiger partial charge < -0.3 is 4.90 Å². The number of rotatable bonds is 0. The van der Waals surface area contributed by atoms with Gasteiger partial charge in [0.15, 0.2) is 0 Å². The van der Waals surface area contributed by atoms with Gasteiger partial charge in [-0.3, -0.25) is 9.00 Å². The normalized spacial score (nSPS) is 27.8.